The van der Waals surface area contributed by atoms with Gasteiger partial charge in [0, 0.05) is 24.2 Å². The van der Waals surface area contributed by atoms with Gasteiger partial charge in [-0.15, -0.1) is 11.3 Å². The Kier molecular flexibility index (Phi) is 2.37. The van der Waals surface area contributed by atoms with E-state index in [0.29, 0.717) is 0 Å². The highest BCUT2D eigenvalue weighted by molar-refractivity contribution is 7.13. The highest BCUT2D eigenvalue weighted by Crippen LogP contribution is 2.21. The van der Waals surface area contributed by atoms with Crippen LogP contribution < -0.4 is 5.32 Å². The maximum atomic E-state index is 5.12. The van der Waals surface area contributed by atoms with Crippen LogP contribution in [0.15, 0.2) is 22.2 Å². The van der Waals surface area contributed by atoms with E-state index in [9.17, 15) is 0 Å². The van der Waals surface area contributed by atoms with Gasteiger partial charge in [-0.1, -0.05) is 5.16 Å². The van der Waals surface area contributed by atoms with Crippen molar-refractivity contribution in [1.29, 1.82) is 0 Å². The van der Waals surface area contributed by atoms with E-state index in [1.165, 1.54) is 0 Å². The Morgan fingerprint density at radius 1 is 1.62 bits per heavy atom. The van der Waals surface area contributed by atoms with Gasteiger partial charge in [-0.05, 0) is 7.05 Å². The van der Waals surface area contributed by atoms with Crippen LogP contribution in [0.1, 0.15) is 5.69 Å². The smallest absolute Gasteiger partial charge is 0.195 e. The van der Waals surface area contributed by atoms with E-state index < -0.39 is 0 Å². The van der Waals surface area contributed by atoms with E-state index in [-0.39, 0.29) is 0 Å². The molecule has 0 saturated heterocycles. The van der Waals surface area contributed by atoms with Crippen molar-refractivity contribution in [2.24, 2.45) is 0 Å². The molecule has 0 aromatic carbocycles. The number of hydrogen-bond acceptors (Lipinski definition) is 5. The van der Waals surface area contributed by atoms with Crippen molar-refractivity contribution in [3.63, 3.8) is 0 Å². The molecule has 0 atom stereocenters. The van der Waals surface area contributed by atoms with Crippen LogP contribution in [0.25, 0.3) is 10.8 Å². The van der Waals surface area contributed by atoms with E-state index in [2.05, 4.69) is 15.5 Å². The summed E-state index contributed by atoms with van der Waals surface area (Å²) in [4.78, 5) is 4.12. The summed E-state index contributed by atoms with van der Waals surface area (Å²) >= 11 is 1.54. The van der Waals surface area contributed by atoms with Gasteiger partial charge in [0.1, 0.15) is 0 Å². The zero-order valence-corrected chi connectivity index (χ0v) is 7.97. The van der Waals surface area contributed by atoms with Crippen LogP contribution >= 0.6 is 11.3 Å². The highest BCUT2D eigenvalue weighted by Gasteiger charge is 2.07. The molecule has 0 aliphatic carbocycles. The van der Waals surface area contributed by atoms with Crippen molar-refractivity contribution in [2.75, 3.05) is 7.05 Å². The van der Waals surface area contributed by atoms with Crippen LogP contribution in [0.3, 0.4) is 0 Å². The minimum absolute atomic E-state index is 0.717. The van der Waals surface area contributed by atoms with Crippen LogP contribution in [0.2, 0.25) is 0 Å². The van der Waals surface area contributed by atoms with Crippen LogP contribution in [0, 0.1) is 0 Å². The molecule has 0 aliphatic rings. The van der Waals surface area contributed by atoms with E-state index in [0.717, 1.165) is 23.0 Å². The van der Waals surface area contributed by atoms with Crippen LogP contribution in [0.4, 0.5) is 0 Å². The molecule has 0 fully saturated rings. The predicted molar refractivity (Wildman–Crippen MR) is 50.4 cm³/mol. The third kappa shape index (κ3) is 1.76. The fraction of sp³-hybridized carbons (Fsp3) is 0.250. The second kappa shape index (κ2) is 3.68. The Morgan fingerprint density at radius 2 is 2.54 bits per heavy atom. The van der Waals surface area contributed by atoms with E-state index in [1.54, 1.807) is 17.5 Å². The molecule has 0 radical (unpaired) electrons. The van der Waals surface area contributed by atoms with Gasteiger partial charge in [0.25, 0.3) is 0 Å². The summed E-state index contributed by atoms with van der Waals surface area (Å²) in [7, 11) is 1.87. The Balaban J connectivity index is 2.23. The molecule has 13 heavy (non-hydrogen) atoms. The molecule has 4 nitrogen and oxygen atoms in total. The van der Waals surface area contributed by atoms with Crippen molar-refractivity contribution in [1.82, 2.24) is 15.5 Å². The first kappa shape index (κ1) is 8.40. The fourth-order valence-electron chi connectivity index (χ4n) is 1.02. The number of thiazole rings is 1. The van der Waals surface area contributed by atoms with Gasteiger partial charge < -0.3 is 9.84 Å². The van der Waals surface area contributed by atoms with Crippen molar-refractivity contribution >= 4 is 11.3 Å². The van der Waals surface area contributed by atoms with Gasteiger partial charge in [-0.25, -0.2) is 4.98 Å². The van der Waals surface area contributed by atoms with E-state index in [4.69, 9.17) is 4.52 Å². The van der Waals surface area contributed by atoms with Gasteiger partial charge in [0.05, 0.1) is 5.69 Å². The molecular weight excluding hydrogens is 186 g/mol. The minimum Gasteiger partial charge on any atom is -0.353 e. The van der Waals surface area contributed by atoms with Gasteiger partial charge in [-0.2, -0.15) is 0 Å². The lowest BCUT2D eigenvalue weighted by Crippen LogP contribution is -2.04. The topological polar surface area (TPSA) is 51.0 Å². The summed E-state index contributed by atoms with van der Waals surface area (Å²) in [5, 5.41) is 9.68. The average Bonchev–Trinajstić information content (AvgIpc) is 2.70. The second-order valence-electron chi connectivity index (χ2n) is 2.55. The van der Waals surface area contributed by atoms with Crippen molar-refractivity contribution < 1.29 is 4.52 Å². The summed E-state index contributed by atoms with van der Waals surface area (Å²) in [6.45, 7) is 0.717. The maximum absolute atomic E-state index is 5.12. The van der Waals surface area contributed by atoms with Crippen molar-refractivity contribution in [3.8, 4) is 10.8 Å². The van der Waals surface area contributed by atoms with Crippen LogP contribution in [0.5, 0.6) is 0 Å². The Morgan fingerprint density at radius 3 is 3.23 bits per heavy atom. The number of hydrogen-bond donors (Lipinski definition) is 1. The molecule has 1 N–H and O–H groups in total. The van der Waals surface area contributed by atoms with Gasteiger partial charge in [0.15, 0.2) is 10.8 Å². The second-order valence-corrected chi connectivity index (χ2v) is 3.44. The third-order valence-corrected chi connectivity index (χ3v) is 2.35. The zero-order valence-electron chi connectivity index (χ0n) is 7.15. The first-order chi connectivity index (χ1) is 6.40. The Hall–Kier alpha value is -1.20. The molecule has 2 heterocycles. The molecule has 0 unspecified atom stereocenters. The van der Waals surface area contributed by atoms with Crippen molar-refractivity contribution in [2.45, 2.75) is 6.54 Å². The molecule has 5 heteroatoms. The minimum atomic E-state index is 0.717. The van der Waals surface area contributed by atoms with Gasteiger partial charge in [-0.3, -0.25) is 0 Å². The van der Waals surface area contributed by atoms with E-state index in [1.807, 2.05) is 18.5 Å². The average molecular weight is 195 g/mol. The molecule has 2 aromatic heterocycles. The standard InChI is InChI=1S/C8H9N3OS/c1-9-5-6-4-7(12-11-6)8-10-2-3-13-8/h2-4,9H,5H2,1H3. The maximum Gasteiger partial charge on any atom is 0.195 e. The Bertz CT molecular complexity index is 368. The molecule has 0 amide bonds. The summed E-state index contributed by atoms with van der Waals surface area (Å²) in [6, 6.07) is 1.90. The summed E-state index contributed by atoms with van der Waals surface area (Å²) in [5.41, 5.74) is 0.896. The van der Waals surface area contributed by atoms with Gasteiger partial charge in [0.2, 0.25) is 0 Å². The lowest BCUT2D eigenvalue weighted by atomic mass is 10.4. The predicted octanol–water partition coefficient (Wildman–Crippen LogP) is 1.52. The number of nitrogens with zero attached hydrogens (tertiary/aromatic N) is 2. The van der Waals surface area contributed by atoms with Crippen LogP contribution in [-0.4, -0.2) is 17.2 Å². The molecule has 0 spiro atoms. The van der Waals surface area contributed by atoms with E-state index >= 15 is 0 Å². The molecule has 0 saturated carbocycles. The number of rotatable bonds is 3. The lowest BCUT2D eigenvalue weighted by molar-refractivity contribution is 0.421. The van der Waals surface area contributed by atoms with Gasteiger partial charge >= 0.3 is 0 Å². The third-order valence-electron chi connectivity index (χ3n) is 1.56. The monoisotopic (exact) mass is 195 g/mol. The Labute approximate surface area is 79.6 Å². The highest BCUT2D eigenvalue weighted by atomic mass is 32.1. The molecule has 2 rings (SSSR count). The number of nitrogens with one attached hydrogen (secondary N) is 1. The van der Waals surface area contributed by atoms with Crippen molar-refractivity contribution in [3.05, 3.63) is 23.3 Å². The number of aromatic nitrogens is 2. The summed E-state index contributed by atoms with van der Waals surface area (Å²) in [5.74, 6) is 0.736. The molecule has 2 aromatic rings. The fourth-order valence-corrected chi connectivity index (χ4v) is 1.61. The largest absolute Gasteiger partial charge is 0.353 e. The first-order valence-electron chi connectivity index (χ1n) is 3.90. The normalized spacial score (nSPS) is 10.5. The van der Waals surface area contributed by atoms with Crippen LogP contribution in [-0.2, 0) is 6.54 Å². The zero-order chi connectivity index (χ0) is 9.10. The molecule has 0 aliphatic heterocycles. The molecular formula is C8H9N3OS. The summed E-state index contributed by atoms with van der Waals surface area (Å²) in [6.07, 6.45) is 1.75. The lowest BCUT2D eigenvalue weighted by Gasteiger charge is -1.87. The quantitative estimate of drug-likeness (QED) is 0.806. The first-order valence-corrected chi connectivity index (χ1v) is 4.78. The molecule has 0 bridgehead atoms. The SMILES string of the molecule is CNCc1cc(-c2nccs2)on1. The summed E-state index contributed by atoms with van der Waals surface area (Å²) < 4.78 is 5.12. The molecule has 68 valence electrons.